The van der Waals surface area contributed by atoms with Crippen molar-refractivity contribution in [3.8, 4) is 0 Å². The van der Waals surface area contributed by atoms with Crippen LogP contribution in [0.15, 0.2) is 30.3 Å². The molecule has 0 bridgehead atoms. The average Bonchev–Trinajstić information content (AvgIpc) is 2.60. The molecule has 2 amide bonds. The van der Waals surface area contributed by atoms with E-state index in [-0.39, 0.29) is 24.2 Å². The van der Waals surface area contributed by atoms with Crippen LogP contribution in [-0.2, 0) is 4.79 Å². The maximum atomic E-state index is 12.0. The van der Waals surface area contributed by atoms with Gasteiger partial charge in [0.05, 0.1) is 0 Å². The summed E-state index contributed by atoms with van der Waals surface area (Å²) in [5, 5.41) is 9.08. The summed E-state index contributed by atoms with van der Waals surface area (Å²) in [7, 11) is 0. The zero-order chi connectivity index (χ0) is 16.5. The van der Waals surface area contributed by atoms with E-state index in [1.807, 2.05) is 18.2 Å². The largest absolute Gasteiger partial charge is 0.354 e. The van der Waals surface area contributed by atoms with Gasteiger partial charge in [0.25, 0.3) is 5.91 Å². The molecule has 0 radical (unpaired) electrons. The highest BCUT2D eigenvalue weighted by Gasteiger charge is 2.21. The molecule has 1 heterocycles. The van der Waals surface area contributed by atoms with Gasteiger partial charge in [-0.3, -0.25) is 9.59 Å². The Labute approximate surface area is 150 Å². The number of amides is 2. The van der Waals surface area contributed by atoms with E-state index in [9.17, 15) is 9.59 Å². The van der Waals surface area contributed by atoms with Gasteiger partial charge in [-0.1, -0.05) is 25.1 Å². The molecule has 134 valence electrons. The van der Waals surface area contributed by atoms with Crippen molar-refractivity contribution in [2.75, 3.05) is 26.2 Å². The van der Waals surface area contributed by atoms with Gasteiger partial charge >= 0.3 is 0 Å². The highest BCUT2D eigenvalue weighted by molar-refractivity contribution is 5.94. The molecule has 5 nitrogen and oxygen atoms in total. The second-order valence-corrected chi connectivity index (χ2v) is 6.26. The Morgan fingerprint density at radius 2 is 1.92 bits per heavy atom. The lowest BCUT2D eigenvalue weighted by atomic mass is 9.85. The summed E-state index contributed by atoms with van der Waals surface area (Å²) in [6.45, 7) is 5.17. The molecule has 1 aromatic rings. The normalized spacial score (nSPS) is 18.1. The topological polar surface area (TPSA) is 70.2 Å². The first-order valence-electron chi connectivity index (χ1n) is 8.47. The van der Waals surface area contributed by atoms with Crippen LogP contribution in [0.3, 0.4) is 0 Å². The van der Waals surface area contributed by atoms with Crippen molar-refractivity contribution in [1.82, 2.24) is 16.0 Å². The maximum absolute atomic E-state index is 12.0. The monoisotopic (exact) mass is 353 g/mol. The third-order valence-corrected chi connectivity index (χ3v) is 4.42. The number of rotatable bonds is 7. The fourth-order valence-electron chi connectivity index (χ4n) is 2.97. The van der Waals surface area contributed by atoms with Crippen LogP contribution >= 0.6 is 12.4 Å². The first-order chi connectivity index (χ1) is 11.2. The van der Waals surface area contributed by atoms with E-state index in [0.29, 0.717) is 36.9 Å². The van der Waals surface area contributed by atoms with Gasteiger partial charge < -0.3 is 16.0 Å². The second-order valence-electron chi connectivity index (χ2n) is 6.26. The van der Waals surface area contributed by atoms with Gasteiger partial charge in [-0.2, -0.15) is 0 Å². The summed E-state index contributed by atoms with van der Waals surface area (Å²) in [6, 6.07) is 9.08. The van der Waals surface area contributed by atoms with Crippen molar-refractivity contribution >= 4 is 24.2 Å². The van der Waals surface area contributed by atoms with Crippen LogP contribution in [0.4, 0.5) is 0 Å². The number of piperidine rings is 1. The molecule has 1 aromatic carbocycles. The van der Waals surface area contributed by atoms with Crippen LogP contribution in [0.5, 0.6) is 0 Å². The minimum atomic E-state index is -0.110. The molecule has 1 fully saturated rings. The Hall–Kier alpha value is -1.59. The van der Waals surface area contributed by atoms with Crippen LogP contribution in [0.1, 0.15) is 36.5 Å². The SMILES string of the molecule is CC(CC(=O)NCCNC(=O)c1ccccc1)C1CCCNC1.Cl. The predicted molar refractivity (Wildman–Crippen MR) is 98.4 cm³/mol. The molecule has 3 N–H and O–H groups in total. The van der Waals surface area contributed by atoms with Gasteiger partial charge in [0.2, 0.25) is 5.91 Å². The number of carbonyl (C=O) groups excluding carboxylic acids is 2. The Morgan fingerprint density at radius 1 is 1.21 bits per heavy atom. The Balaban J connectivity index is 0.00000288. The van der Waals surface area contributed by atoms with Crippen molar-refractivity contribution in [2.45, 2.75) is 26.2 Å². The fraction of sp³-hybridized carbons (Fsp3) is 0.556. The predicted octanol–water partition coefficient (Wildman–Crippen LogP) is 1.98. The first kappa shape index (κ1) is 20.5. The van der Waals surface area contributed by atoms with Crippen molar-refractivity contribution in [3.05, 3.63) is 35.9 Å². The van der Waals surface area contributed by atoms with Crippen molar-refractivity contribution in [2.24, 2.45) is 11.8 Å². The first-order valence-corrected chi connectivity index (χ1v) is 8.47. The van der Waals surface area contributed by atoms with Gasteiger partial charge in [0.1, 0.15) is 0 Å². The van der Waals surface area contributed by atoms with Crippen LogP contribution in [0, 0.1) is 11.8 Å². The number of benzene rings is 1. The molecular formula is C18H28ClN3O2. The lowest BCUT2D eigenvalue weighted by Gasteiger charge is -2.28. The van der Waals surface area contributed by atoms with E-state index in [1.54, 1.807) is 12.1 Å². The lowest BCUT2D eigenvalue weighted by molar-refractivity contribution is -0.122. The van der Waals surface area contributed by atoms with Gasteiger partial charge in [-0.15, -0.1) is 12.4 Å². The quantitative estimate of drug-likeness (QED) is 0.656. The van der Waals surface area contributed by atoms with Gasteiger partial charge in [0, 0.05) is 25.1 Å². The van der Waals surface area contributed by atoms with Crippen LogP contribution in [0.25, 0.3) is 0 Å². The average molecular weight is 354 g/mol. The summed E-state index contributed by atoms with van der Waals surface area (Å²) in [5.41, 5.74) is 0.636. The molecule has 24 heavy (non-hydrogen) atoms. The van der Waals surface area contributed by atoms with E-state index < -0.39 is 0 Å². The molecule has 0 aliphatic carbocycles. The van der Waals surface area contributed by atoms with Crippen molar-refractivity contribution in [1.29, 1.82) is 0 Å². The summed E-state index contributed by atoms with van der Waals surface area (Å²) >= 11 is 0. The fourth-order valence-corrected chi connectivity index (χ4v) is 2.97. The Bertz CT molecular complexity index is 504. The molecule has 2 unspecified atom stereocenters. The molecule has 0 spiro atoms. The molecule has 1 aliphatic rings. The summed E-state index contributed by atoms with van der Waals surface area (Å²) in [4.78, 5) is 23.8. The minimum absolute atomic E-state index is 0. The van der Waals surface area contributed by atoms with Gasteiger partial charge in [-0.25, -0.2) is 0 Å². The molecule has 0 saturated carbocycles. The lowest BCUT2D eigenvalue weighted by Crippen LogP contribution is -2.37. The van der Waals surface area contributed by atoms with Gasteiger partial charge in [0.15, 0.2) is 0 Å². The van der Waals surface area contributed by atoms with E-state index >= 15 is 0 Å². The van der Waals surface area contributed by atoms with Crippen LogP contribution in [-0.4, -0.2) is 38.0 Å². The Morgan fingerprint density at radius 3 is 2.58 bits per heavy atom. The number of hydrogen-bond donors (Lipinski definition) is 3. The number of halogens is 1. The molecule has 2 atom stereocenters. The van der Waals surface area contributed by atoms with E-state index in [0.717, 1.165) is 13.1 Å². The molecule has 1 saturated heterocycles. The van der Waals surface area contributed by atoms with E-state index in [1.165, 1.54) is 12.8 Å². The smallest absolute Gasteiger partial charge is 0.251 e. The molecular weight excluding hydrogens is 326 g/mol. The third kappa shape index (κ3) is 6.89. The zero-order valence-corrected chi connectivity index (χ0v) is 15.0. The number of hydrogen-bond acceptors (Lipinski definition) is 3. The maximum Gasteiger partial charge on any atom is 0.251 e. The highest BCUT2D eigenvalue weighted by atomic mass is 35.5. The van der Waals surface area contributed by atoms with Crippen LogP contribution in [0.2, 0.25) is 0 Å². The van der Waals surface area contributed by atoms with Gasteiger partial charge in [-0.05, 0) is 49.9 Å². The van der Waals surface area contributed by atoms with E-state index in [2.05, 4.69) is 22.9 Å². The standard InChI is InChI=1S/C18H27N3O2.ClH/c1-14(16-8-5-9-19-13-16)12-17(22)20-10-11-21-18(23)15-6-3-2-4-7-15;/h2-4,6-7,14,16,19H,5,8-13H2,1H3,(H,20,22)(H,21,23);1H. The molecule has 0 aromatic heterocycles. The highest BCUT2D eigenvalue weighted by Crippen LogP contribution is 2.22. The Kier molecular flexibility index (Phi) is 9.42. The zero-order valence-electron chi connectivity index (χ0n) is 14.2. The second kappa shape index (κ2) is 11.0. The summed E-state index contributed by atoms with van der Waals surface area (Å²) in [5.74, 6) is 0.938. The number of carbonyl (C=O) groups is 2. The summed E-state index contributed by atoms with van der Waals surface area (Å²) in [6.07, 6.45) is 2.95. The summed E-state index contributed by atoms with van der Waals surface area (Å²) < 4.78 is 0. The third-order valence-electron chi connectivity index (χ3n) is 4.42. The van der Waals surface area contributed by atoms with Crippen LogP contribution < -0.4 is 16.0 Å². The number of nitrogens with one attached hydrogen (secondary N) is 3. The van der Waals surface area contributed by atoms with Crippen molar-refractivity contribution < 1.29 is 9.59 Å². The molecule has 1 aliphatic heterocycles. The molecule has 2 rings (SSSR count). The minimum Gasteiger partial charge on any atom is -0.354 e. The molecule has 6 heteroatoms. The van der Waals surface area contributed by atoms with Crippen molar-refractivity contribution in [3.63, 3.8) is 0 Å². The van der Waals surface area contributed by atoms with E-state index in [4.69, 9.17) is 0 Å².